The molecular formula is C26H23N3O6S. The second-order valence-corrected chi connectivity index (χ2v) is 9.24. The van der Waals surface area contributed by atoms with Crippen LogP contribution < -0.4 is 19.5 Å². The van der Waals surface area contributed by atoms with Gasteiger partial charge in [-0.05, 0) is 79.7 Å². The third kappa shape index (κ3) is 4.42. The number of methoxy groups -OCH3 is 1. The molecule has 0 saturated carbocycles. The van der Waals surface area contributed by atoms with Crippen LogP contribution in [0.3, 0.4) is 0 Å². The molecule has 0 bridgehead atoms. The highest BCUT2D eigenvalue weighted by atomic mass is 32.2. The van der Waals surface area contributed by atoms with E-state index in [1.807, 2.05) is 42.7 Å². The van der Waals surface area contributed by atoms with Gasteiger partial charge in [-0.2, -0.15) is 0 Å². The molecule has 0 spiro atoms. The molecule has 3 aromatic rings. The van der Waals surface area contributed by atoms with E-state index in [-0.39, 0.29) is 18.2 Å². The van der Waals surface area contributed by atoms with Gasteiger partial charge in [0.05, 0.1) is 12.0 Å². The number of anilines is 1. The number of fused-ring (bicyclic) bond motifs is 1. The molecule has 0 radical (unpaired) electrons. The summed E-state index contributed by atoms with van der Waals surface area (Å²) in [6.07, 6.45) is 1.69. The number of thioether (sulfide) groups is 1. The quantitative estimate of drug-likeness (QED) is 0.492. The zero-order valence-corrected chi connectivity index (χ0v) is 20.7. The van der Waals surface area contributed by atoms with E-state index in [1.54, 1.807) is 37.5 Å². The van der Waals surface area contributed by atoms with E-state index in [2.05, 4.69) is 5.32 Å². The standard InChI is InChI=1S/C26H23N3O6S/c1-15-10-17(16(2)29(15)19-6-9-21-22(12-19)35-14-34-21)11-23-25(31)28(26(32)36-23)13-24(30)27-18-4-7-20(33-3)8-5-18/h4-12H,13-14H2,1-3H3,(H,27,30)/b23-11+. The van der Waals surface area contributed by atoms with Crippen LogP contribution in [0.4, 0.5) is 10.5 Å². The summed E-state index contributed by atoms with van der Waals surface area (Å²) >= 11 is 0.822. The highest BCUT2D eigenvalue weighted by Crippen LogP contribution is 2.36. The first-order chi connectivity index (χ1) is 17.3. The van der Waals surface area contributed by atoms with Crippen molar-refractivity contribution in [3.05, 3.63) is 70.4 Å². The van der Waals surface area contributed by atoms with Crippen LogP contribution in [0.5, 0.6) is 17.2 Å². The molecular weight excluding hydrogens is 482 g/mol. The minimum atomic E-state index is -0.497. The SMILES string of the molecule is COc1ccc(NC(=O)CN2C(=O)S/C(=C/c3cc(C)n(-c4ccc5c(c4)OCO5)c3C)C2=O)cc1. The maximum absolute atomic E-state index is 13.0. The highest BCUT2D eigenvalue weighted by Gasteiger charge is 2.36. The fourth-order valence-corrected chi connectivity index (χ4v) is 4.98. The lowest BCUT2D eigenvalue weighted by atomic mass is 10.2. The molecule has 1 saturated heterocycles. The van der Waals surface area contributed by atoms with Gasteiger partial charge >= 0.3 is 0 Å². The van der Waals surface area contributed by atoms with Crippen LogP contribution >= 0.6 is 11.8 Å². The lowest BCUT2D eigenvalue weighted by Gasteiger charge is -2.12. The zero-order valence-electron chi connectivity index (χ0n) is 19.9. The molecule has 36 heavy (non-hydrogen) atoms. The largest absolute Gasteiger partial charge is 0.497 e. The van der Waals surface area contributed by atoms with Crippen molar-refractivity contribution in [3.63, 3.8) is 0 Å². The molecule has 2 aliphatic heterocycles. The van der Waals surface area contributed by atoms with Crippen LogP contribution in [0.25, 0.3) is 11.8 Å². The lowest BCUT2D eigenvalue weighted by Crippen LogP contribution is -2.36. The number of aromatic nitrogens is 1. The molecule has 1 fully saturated rings. The number of hydrogen-bond donors (Lipinski definition) is 1. The van der Waals surface area contributed by atoms with E-state index in [1.165, 1.54) is 0 Å². The summed E-state index contributed by atoms with van der Waals surface area (Å²) in [5.41, 5.74) is 4.10. The van der Waals surface area contributed by atoms with Gasteiger partial charge in [-0.3, -0.25) is 19.3 Å². The number of ether oxygens (including phenoxy) is 3. The Balaban J connectivity index is 1.32. The number of amides is 3. The Labute approximate surface area is 211 Å². The first-order valence-electron chi connectivity index (χ1n) is 11.1. The summed E-state index contributed by atoms with van der Waals surface area (Å²) in [6, 6.07) is 14.4. The highest BCUT2D eigenvalue weighted by molar-refractivity contribution is 8.18. The predicted octanol–water partition coefficient (Wildman–Crippen LogP) is 4.51. The van der Waals surface area contributed by atoms with E-state index in [9.17, 15) is 14.4 Å². The summed E-state index contributed by atoms with van der Waals surface area (Å²) in [5, 5.41) is 2.20. The molecule has 0 unspecified atom stereocenters. The van der Waals surface area contributed by atoms with Crippen molar-refractivity contribution in [2.24, 2.45) is 0 Å². The van der Waals surface area contributed by atoms with Gasteiger partial charge in [0.15, 0.2) is 11.5 Å². The summed E-state index contributed by atoms with van der Waals surface area (Å²) in [5.74, 6) is 1.07. The van der Waals surface area contributed by atoms with Crippen LogP contribution in [0, 0.1) is 13.8 Å². The molecule has 1 N–H and O–H groups in total. The number of rotatable bonds is 6. The van der Waals surface area contributed by atoms with E-state index < -0.39 is 17.1 Å². The van der Waals surface area contributed by atoms with Gasteiger partial charge < -0.3 is 24.1 Å². The molecule has 0 aliphatic carbocycles. The Morgan fingerprint density at radius 1 is 1.08 bits per heavy atom. The average Bonchev–Trinajstić information content (AvgIpc) is 3.51. The Hall–Kier alpha value is -4.18. The van der Waals surface area contributed by atoms with Gasteiger partial charge in [-0.25, -0.2) is 0 Å². The molecule has 9 nitrogen and oxygen atoms in total. The maximum Gasteiger partial charge on any atom is 0.294 e. The smallest absolute Gasteiger partial charge is 0.294 e. The Bertz CT molecular complexity index is 1410. The third-order valence-electron chi connectivity index (χ3n) is 5.92. The van der Waals surface area contributed by atoms with Gasteiger partial charge in [0, 0.05) is 28.8 Å². The monoisotopic (exact) mass is 505 g/mol. The Morgan fingerprint density at radius 3 is 2.58 bits per heavy atom. The average molecular weight is 506 g/mol. The molecule has 2 aromatic carbocycles. The number of imide groups is 1. The lowest BCUT2D eigenvalue weighted by molar-refractivity contribution is -0.127. The Kier molecular flexibility index (Phi) is 6.19. The van der Waals surface area contributed by atoms with Crippen molar-refractivity contribution in [2.45, 2.75) is 13.8 Å². The normalized spacial score (nSPS) is 15.6. The molecule has 3 amide bonds. The van der Waals surface area contributed by atoms with Crippen LogP contribution in [0.15, 0.2) is 53.4 Å². The Morgan fingerprint density at radius 2 is 1.83 bits per heavy atom. The number of nitrogens with one attached hydrogen (secondary N) is 1. The molecule has 0 atom stereocenters. The second kappa shape index (κ2) is 9.46. The number of carbonyl (C=O) groups excluding carboxylic acids is 3. The summed E-state index contributed by atoms with van der Waals surface area (Å²) < 4.78 is 18.0. The maximum atomic E-state index is 13.0. The molecule has 5 rings (SSSR count). The van der Waals surface area contributed by atoms with Crippen LogP contribution in [-0.4, -0.2) is 47.0 Å². The zero-order chi connectivity index (χ0) is 25.4. The number of benzene rings is 2. The van der Waals surface area contributed by atoms with Crippen molar-refractivity contribution in [2.75, 3.05) is 25.8 Å². The van der Waals surface area contributed by atoms with Crippen molar-refractivity contribution in [3.8, 4) is 22.9 Å². The fraction of sp³-hybridized carbons (Fsp3) is 0.192. The van der Waals surface area contributed by atoms with Crippen molar-refractivity contribution < 1.29 is 28.6 Å². The third-order valence-corrected chi connectivity index (χ3v) is 6.83. The van der Waals surface area contributed by atoms with E-state index >= 15 is 0 Å². The summed E-state index contributed by atoms with van der Waals surface area (Å²) in [7, 11) is 1.55. The van der Waals surface area contributed by atoms with Crippen molar-refractivity contribution in [1.82, 2.24) is 9.47 Å². The van der Waals surface area contributed by atoms with E-state index in [4.69, 9.17) is 14.2 Å². The minimum Gasteiger partial charge on any atom is -0.497 e. The summed E-state index contributed by atoms with van der Waals surface area (Å²) in [4.78, 5) is 39.2. The fourth-order valence-electron chi connectivity index (χ4n) is 4.15. The van der Waals surface area contributed by atoms with Gasteiger partial charge in [0.2, 0.25) is 12.7 Å². The van der Waals surface area contributed by atoms with Crippen LogP contribution in [0.1, 0.15) is 17.0 Å². The van der Waals surface area contributed by atoms with Crippen LogP contribution in [-0.2, 0) is 9.59 Å². The summed E-state index contributed by atoms with van der Waals surface area (Å²) in [6.45, 7) is 3.73. The topological polar surface area (TPSA) is 99.1 Å². The first kappa shape index (κ1) is 23.6. The molecule has 184 valence electrons. The minimum absolute atomic E-state index is 0.196. The predicted molar refractivity (Wildman–Crippen MR) is 136 cm³/mol. The van der Waals surface area contributed by atoms with Gasteiger partial charge in [0.1, 0.15) is 12.3 Å². The van der Waals surface area contributed by atoms with Gasteiger partial charge in [0.25, 0.3) is 11.1 Å². The van der Waals surface area contributed by atoms with Crippen LogP contribution in [0.2, 0.25) is 0 Å². The number of nitrogens with zero attached hydrogens (tertiary/aromatic N) is 2. The first-order valence-corrected chi connectivity index (χ1v) is 11.9. The molecule has 3 heterocycles. The van der Waals surface area contributed by atoms with Gasteiger partial charge in [-0.15, -0.1) is 0 Å². The van der Waals surface area contributed by atoms with Crippen molar-refractivity contribution >= 4 is 40.6 Å². The number of aryl methyl sites for hydroxylation is 1. The number of hydrogen-bond acceptors (Lipinski definition) is 7. The van der Waals surface area contributed by atoms with Gasteiger partial charge in [-0.1, -0.05) is 0 Å². The molecule has 10 heteroatoms. The second-order valence-electron chi connectivity index (χ2n) is 8.24. The van der Waals surface area contributed by atoms with E-state index in [0.717, 1.165) is 39.3 Å². The number of carbonyl (C=O) groups is 3. The van der Waals surface area contributed by atoms with E-state index in [0.29, 0.717) is 22.9 Å². The molecule has 2 aliphatic rings. The molecule has 1 aromatic heterocycles. The van der Waals surface area contributed by atoms with Crippen molar-refractivity contribution in [1.29, 1.82) is 0 Å².